The maximum absolute atomic E-state index is 12.7. The number of carbonyl (C=O) groups excluding carboxylic acids is 1. The van der Waals surface area contributed by atoms with Crippen LogP contribution < -0.4 is 0 Å². The molecule has 0 aromatic heterocycles. The van der Waals surface area contributed by atoms with Gasteiger partial charge in [0.25, 0.3) is 0 Å². The first-order valence-corrected chi connectivity index (χ1v) is 13.1. The standard InChI is InChI=1S/C20H23NO5S2.C4H10/c1-2-3-4-8-11-19(21-26-28(23,24)25)20(22)16-12-14-18(15-13-16)27-17-9-6-5-7-10-17;1-3-4-2/h5-7,9-10,12-15H,2-4,8,11H2,1H3,(H,23,24,25);3-4H2,1-2H3/b21-19+;. The van der Waals surface area contributed by atoms with Crippen molar-refractivity contribution in [3.8, 4) is 0 Å². The lowest BCUT2D eigenvalue weighted by Crippen LogP contribution is -2.16. The Bertz CT molecular complexity index is 925. The first-order chi connectivity index (χ1) is 15.3. The lowest BCUT2D eigenvalue weighted by molar-refractivity contribution is 0.106. The van der Waals surface area contributed by atoms with Gasteiger partial charge in [0.2, 0.25) is 5.78 Å². The first-order valence-electron chi connectivity index (χ1n) is 10.9. The van der Waals surface area contributed by atoms with E-state index in [0.717, 1.165) is 29.1 Å². The molecule has 1 N–H and O–H groups in total. The van der Waals surface area contributed by atoms with E-state index >= 15 is 0 Å². The van der Waals surface area contributed by atoms with Crippen molar-refractivity contribution < 1.29 is 22.0 Å². The molecule has 0 atom stereocenters. The minimum Gasteiger partial charge on any atom is -0.287 e. The predicted octanol–water partition coefficient (Wildman–Crippen LogP) is 6.97. The Morgan fingerprint density at radius 3 is 2.00 bits per heavy atom. The zero-order chi connectivity index (χ0) is 23.8. The van der Waals surface area contributed by atoms with Gasteiger partial charge in [-0.1, -0.05) is 88.0 Å². The Labute approximate surface area is 196 Å². The van der Waals surface area contributed by atoms with E-state index in [1.807, 2.05) is 42.5 Å². The molecule has 32 heavy (non-hydrogen) atoms. The van der Waals surface area contributed by atoms with Crippen molar-refractivity contribution in [3.63, 3.8) is 0 Å². The highest BCUT2D eigenvalue weighted by Gasteiger charge is 2.17. The molecule has 0 spiro atoms. The Morgan fingerprint density at radius 1 is 0.875 bits per heavy atom. The number of Topliss-reactive ketones (excluding diaryl/α,β-unsaturated/α-hetero) is 1. The Kier molecular flexibility index (Phi) is 13.6. The molecule has 0 radical (unpaired) electrons. The molecule has 0 fully saturated rings. The van der Waals surface area contributed by atoms with Crippen molar-refractivity contribution in [1.29, 1.82) is 0 Å². The highest BCUT2D eigenvalue weighted by Crippen LogP contribution is 2.27. The van der Waals surface area contributed by atoms with Crippen molar-refractivity contribution in [3.05, 3.63) is 60.2 Å². The number of nitrogens with zero attached hydrogens (tertiary/aromatic N) is 1. The van der Waals surface area contributed by atoms with Crippen LogP contribution in [0.25, 0.3) is 0 Å². The fourth-order valence-corrected chi connectivity index (χ4v) is 3.50. The van der Waals surface area contributed by atoms with E-state index in [4.69, 9.17) is 4.55 Å². The smallest absolute Gasteiger partial charge is 0.287 e. The van der Waals surface area contributed by atoms with E-state index in [1.54, 1.807) is 23.9 Å². The molecule has 0 aliphatic heterocycles. The second kappa shape index (κ2) is 15.6. The third-order valence-electron chi connectivity index (χ3n) is 4.37. The summed E-state index contributed by atoms with van der Waals surface area (Å²) >= 11 is 1.57. The van der Waals surface area contributed by atoms with E-state index in [9.17, 15) is 13.2 Å². The van der Waals surface area contributed by atoms with Crippen LogP contribution in [0.1, 0.15) is 76.1 Å². The van der Waals surface area contributed by atoms with Gasteiger partial charge in [0.15, 0.2) is 0 Å². The van der Waals surface area contributed by atoms with Gasteiger partial charge in [-0.25, -0.2) is 4.28 Å². The number of carbonyl (C=O) groups is 1. The molecular formula is C24H33NO5S2. The topological polar surface area (TPSA) is 93.0 Å². The summed E-state index contributed by atoms with van der Waals surface area (Å²) in [7, 11) is -4.75. The van der Waals surface area contributed by atoms with Crippen LogP contribution in [0.15, 0.2) is 69.5 Å². The quantitative estimate of drug-likeness (QED) is 0.116. The summed E-state index contributed by atoms with van der Waals surface area (Å²) in [6.45, 7) is 6.43. The summed E-state index contributed by atoms with van der Waals surface area (Å²) in [6, 6.07) is 16.8. The van der Waals surface area contributed by atoms with Crippen molar-refractivity contribution in [1.82, 2.24) is 0 Å². The van der Waals surface area contributed by atoms with Crippen molar-refractivity contribution in [2.45, 2.75) is 75.5 Å². The highest BCUT2D eigenvalue weighted by atomic mass is 32.3. The number of hydrogen-bond donors (Lipinski definition) is 1. The average Bonchev–Trinajstić information content (AvgIpc) is 2.79. The molecule has 0 saturated carbocycles. The minimum atomic E-state index is -4.75. The number of unbranched alkanes of at least 4 members (excludes halogenated alkanes) is 4. The molecule has 0 bridgehead atoms. The summed E-state index contributed by atoms with van der Waals surface area (Å²) < 4.78 is 34.4. The lowest BCUT2D eigenvalue weighted by Gasteiger charge is -2.07. The van der Waals surface area contributed by atoms with Crippen molar-refractivity contribution in [2.24, 2.45) is 5.16 Å². The van der Waals surface area contributed by atoms with Gasteiger partial charge in [-0.05, 0) is 49.2 Å². The number of ketones is 1. The van der Waals surface area contributed by atoms with Gasteiger partial charge in [0.1, 0.15) is 5.71 Å². The Balaban J connectivity index is 0.00000118. The molecule has 176 valence electrons. The number of rotatable bonds is 12. The van der Waals surface area contributed by atoms with Crippen LogP contribution in [0.5, 0.6) is 0 Å². The number of benzene rings is 2. The monoisotopic (exact) mass is 479 g/mol. The van der Waals surface area contributed by atoms with Gasteiger partial charge >= 0.3 is 10.4 Å². The molecular weight excluding hydrogens is 446 g/mol. The second-order valence-corrected chi connectivity index (χ2v) is 9.27. The molecule has 0 unspecified atom stereocenters. The molecule has 0 heterocycles. The van der Waals surface area contributed by atoms with Crippen LogP contribution in [-0.4, -0.2) is 24.5 Å². The van der Waals surface area contributed by atoms with Crippen LogP contribution in [0, 0.1) is 0 Å². The second-order valence-electron chi connectivity index (χ2n) is 7.12. The SMILES string of the molecule is CCCC.CCCCCC/C(=N\OS(=O)(=O)O)C(=O)c1ccc(Sc2ccccc2)cc1. The summed E-state index contributed by atoms with van der Waals surface area (Å²) in [6.07, 6.45) is 6.51. The van der Waals surface area contributed by atoms with E-state index in [2.05, 4.69) is 30.2 Å². The summed E-state index contributed by atoms with van der Waals surface area (Å²) in [5.41, 5.74) is 0.350. The molecule has 0 aliphatic rings. The maximum atomic E-state index is 12.7. The summed E-state index contributed by atoms with van der Waals surface area (Å²) in [5, 5.41) is 3.38. The molecule has 2 aromatic rings. The van der Waals surface area contributed by atoms with Crippen LogP contribution in [0.4, 0.5) is 0 Å². The van der Waals surface area contributed by atoms with Gasteiger partial charge in [-0.15, -0.1) is 0 Å². The largest absolute Gasteiger partial charge is 0.466 e. The zero-order valence-corrected chi connectivity index (χ0v) is 20.6. The van der Waals surface area contributed by atoms with E-state index in [-0.39, 0.29) is 12.1 Å². The molecule has 0 aliphatic carbocycles. The Hall–Kier alpha value is -2.16. The summed E-state index contributed by atoms with van der Waals surface area (Å²) in [5.74, 6) is -0.420. The van der Waals surface area contributed by atoms with E-state index in [0.29, 0.717) is 12.0 Å². The molecule has 6 nitrogen and oxygen atoms in total. The van der Waals surface area contributed by atoms with E-state index < -0.39 is 16.2 Å². The van der Waals surface area contributed by atoms with Gasteiger partial charge in [0, 0.05) is 15.4 Å². The average molecular weight is 480 g/mol. The fraction of sp³-hybridized carbons (Fsp3) is 0.417. The predicted molar refractivity (Wildman–Crippen MR) is 131 cm³/mol. The number of hydrogen-bond acceptors (Lipinski definition) is 6. The number of oxime groups is 1. The van der Waals surface area contributed by atoms with Gasteiger partial charge in [0.05, 0.1) is 0 Å². The van der Waals surface area contributed by atoms with Crippen LogP contribution in [0.3, 0.4) is 0 Å². The van der Waals surface area contributed by atoms with Crippen LogP contribution >= 0.6 is 11.8 Å². The normalized spacial score (nSPS) is 11.4. The molecule has 0 amide bonds. The van der Waals surface area contributed by atoms with Crippen LogP contribution in [0.2, 0.25) is 0 Å². The fourth-order valence-electron chi connectivity index (χ4n) is 2.48. The van der Waals surface area contributed by atoms with Crippen molar-refractivity contribution in [2.75, 3.05) is 0 Å². The zero-order valence-electron chi connectivity index (χ0n) is 19.0. The molecule has 0 saturated heterocycles. The van der Waals surface area contributed by atoms with Crippen LogP contribution in [-0.2, 0) is 14.7 Å². The molecule has 2 rings (SSSR count). The molecule has 2 aromatic carbocycles. The summed E-state index contributed by atoms with van der Waals surface area (Å²) in [4.78, 5) is 14.8. The van der Waals surface area contributed by atoms with Gasteiger partial charge in [-0.2, -0.15) is 8.42 Å². The highest BCUT2D eigenvalue weighted by molar-refractivity contribution is 7.99. The van der Waals surface area contributed by atoms with Crippen molar-refractivity contribution >= 4 is 33.7 Å². The minimum absolute atomic E-state index is 0.0304. The third kappa shape index (κ3) is 12.0. The Morgan fingerprint density at radius 2 is 1.47 bits per heavy atom. The van der Waals surface area contributed by atoms with Gasteiger partial charge in [-0.3, -0.25) is 9.35 Å². The maximum Gasteiger partial charge on any atom is 0.466 e. The molecule has 8 heteroatoms. The van der Waals surface area contributed by atoms with E-state index in [1.165, 1.54) is 12.8 Å². The van der Waals surface area contributed by atoms with Gasteiger partial charge < -0.3 is 0 Å². The lowest BCUT2D eigenvalue weighted by atomic mass is 10.0. The first kappa shape index (κ1) is 27.9. The third-order valence-corrected chi connectivity index (χ3v) is 5.64.